The van der Waals surface area contributed by atoms with E-state index in [0.717, 1.165) is 32.1 Å². The molecule has 2 N–H and O–H groups in total. The van der Waals surface area contributed by atoms with Gasteiger partial charge in [0, 0.05) is 6.54 Å². The molecule has 1 saturated carbocycles. The zero-order chi connectivity index (χ0) is 15.3. The first kappa shape index (κ1) is 15.8. The lowest BCUT2D eigenvalue weighted by atomic mass is 9.85. The van der Waals surface area contributed by atoms with Crippen LogP contribution in [-0.2, 0) is 11.2 Å². The van der Waals surface area contributed by atoms with Crippen molar-refractivity contribution in [1.29, 1.82) is 0 Å². The van der Waals surface area contributed by atoms with Crippen LogP contribution in [-0.4, -0.2) is 30.3 Å². The summed E-state index contributed by atoms with van der Waals surface area (Å²) in [6.07, 6.45) is 4.68. The van der Waals surface area contributed by atoms with E-state index in [0.29, 0.717) is 5.56 Å². The maximum absolute atomic E-state index is 13.5. The molecule has 21 heavy (non-hydrogen) atoms. The summed E-state index contributed by atoms with van der Waals surface area (Å²) in [6.45, 7) is 0.268. The van der Waals surface area contributed by atoms with Crippen LogP contribution >= 0.6 is 0 Å². The van der Waals surface area contributed by atoms with Gasteiger partial charge in [0.15, 0.2) is 11.6 Å². The Hall–Kier alpha value is -1.62. The molecule has 0 bridgehead atoms. The van der Waals surface area contributed by atoms with Crippen molar-refractivity contribution in [3.63, 3.8) is 0 Å². The fourth-order valence-electron chi connectivity index (χ4n) is 2.72. The van der Waals surface area contributed by atoms with E-state index in [9.17, 15) is 14.3 Å². The molecule has 116 valence electrons. The number of hydrogen-bond acceptors (Lipinski definition) is 3. The van der Waals surface area contributed by atoms with E-state index in [-0.39, 0.29) is 24.6 Å². The lowest BCUT2D eigenvalue weighted by Crippen LogP contribution is -2.44. The first-order chi connectivity index (χ1) is 10.0. The van der Waals surface area contributed by atoms with Gasteiger partial charge in [-0.2, -0.15) is 0 Å². The van der Waals surface area contributed by atoms with Crippen LogP contribution < -0.4 is 10.1 Å². The molecule has 0 heterocycles. The highest BCUT2D eigenvalue weighted by Crippen LogP contribution is 2.27. The highest BCUT2D eigenvalue weighted by molar-refractivity contribution is 5.78. The topological polar surface area (TPSA) is 58.6 Å². The van der Waals surface area contributed by atoms with Gasteiger partial charge < -0.3 is 15.2 Å². The molecule has 0 radical (unpaired) electrons. The predicted molar refractivity (Wildman–Crippen MR) is 77.7 cm³/mol. The summed E-state index contributed by atoms with van der Waals surface area (Å²) in [4.78, 5) is 11.9. The van der Waals surface area contributed by atoms with Gasteiger partial charge in [-0.25, -0.2) is 4.39 Å². The van der Waals surface area contributed by atoms with Crippen molar-refractivity contribution in [2.75, 3.05) is 13.7 Å². The summed E-state index contributed by atoms with van der Waals surface area (Å²) >= 11 is 0. The maximum Gasteiger partial charge on any atom is 0.224 e. The summed E-state index contributed by atoms with van der Waals surface area (Å²) in [7, 11) is 1.40. The number of methoxy groups -OCH3 is 1. The zero-order valence-electron chi connectivity index (χ0n) is 12.3. The van der Waals surface area contributed by atoms with Crippen LogP contribution in [0.15, 0.2) is 18.2 Å². The molecule has 0 spiro atoms. The number of amides is 1. The summed E-state index contributed by atoms with van der Waals surface area (Å²) in [5.41, 5.74) is -0.194. The Bertz CT molecular complexity index is 498. The molecule has 1 aromatic rings. The molecule has 0 unspecified atom stereocenters. The van der Waals surface area contributed by atoms with Gasteiger partial charge in [-0.15, -0.1) is 0 Å². The molecule has 1 aliphatic rings. The Morgan fingerprint density at radius 2 is 2.10 bits per heavy atom. The fourth-order valence-corrected chi connectivity index (χ4v) is 2.72. The van der Waals surface area contributed by atoms with Crippen molar-refractivity contribution in [2.45, 2.75) is 44.1 Å². The van der Waals surface area contributed by atoms with E-state index >= 15 is 0 Å². The molecule has 2 rings (SSSR count). The molecule has 5 heteroatoms. The van der Waals surface area contributed by atoms with Crippen molar-refractivity contribution in [3.8, 4) is 5.75 Å². The molecule has 0 aliphatic heterocycles. The molecule has 4 nitrogen and oxygen atoms in total. The molecule has 1 amide bonds. The van der Waals surface area contributed by atoms with E-state index in [1.807, 2.05) is 0 Å². The Kier molecular flexibility index (Phi) is 5.17. The van der Waals surface area contributed by atoms with Crippen molar-refractivity contribution in [3.05, 3.63) is 29.6 Å². The SMILES string of the molecule is COc1ccc(CC(=O)NCC2(O)CCCCC2)cc1F. The van der Waals surface area contributed by atoms with Crippen molar-refractivity contribution >= 4 is 5.91 Å². The zero-order valence-corrected chi connectivity index (χ0v) is 12.3. The Morgan fingerprint density at radius 3 is 2.71 bits per heavy atom. The molecule has 1 aliphatic carbocycles. The number of ether oxygens (including phenoxy) is 1. The van der Waals surface area contributed by atoms with Crippen LogP contribution in [0, 0.1) is 5.82 Å². The lowest BCUT2D eigenvalue weighted by molar-refractivity contribution is -0.122. The van der Waals surface area contributed by atoms with E-state index in [1.54, 1.807) is 6.07 Å². The predicted octanol–water partition coefficient (Wildman–Crippen LogP) is 2.19. The van der Waals surface area contributed by atoms with Crippen LogP contribution in [0.4, 0.5) is 4.39 Å². The minimum absolute atomic E-state index is 0.0942. The Morgan fingerprint density at radius 1 is 1.38 bits per heavy atom. The number of carbonyl (C=O) groups excluding carboxylic acids is 1. The van der Waals surface area contributed by atoms with Crippen molar-refractivity contribution < 1.29 is 19.0 Å². The number of aliphatic hydroxyl groups is 1. The van der Waals surface area contributed by atoms with Gasteiger partial charge in [-0.3, -0.25) is 4.79 Å². The third-order valence-corrected chi connectivity index (χ3v) is 3.98. The summed E-state index contributed by atoms with van der Waals surface area (Å²) in [6, 6.07) is 4.47. The van der Waals surface area contributed by atoms with Crippen LogP contribution in [0.2, 0.25) is 0 Å². The van der Waals surface area contributed by atoms with Crippen LogP contribution in [0.1, 0.15) is 37.7 Å². The average Bonchev–Trinajstić information content (AvgIpc) is 2.46. The van der Waals surface area contributed by atoms with Gasteiger partial charge in [0.2, 0.25) is 5.91 Å². The largest absolute Gasteiger partial charge is 0.494 e. The third-order valence-electron chi connectivity index (χ3n) is 3.98. The highest BCUT2D eigenvalue weighted by atomic mass is 19.1. The van der Waals surface area contributed by atoms with Gasteiger partial charge in [0.1, 0.15) is 0 Å². The first-order valence-corrected chi connectivity index (χ1v) is 7.34. The highest BCUT2D eigenvalue weighted by Gasteiger charge is 2.29. The number of benzene rings is 1. The van der Waals surface area contributed by atoms with Crippen molar-refractivity contribution in [1.82, 2.24) is 5.32 Å². The van der Waals surface area contributed by atoms with Gasteiger partial charge in [-0.1, -0.05) is 25.3 Å². The molecule has 0 atom stereocenters. The second kappa shape index (κ2) is 6.89. The number of rotatable bonds is 5. The minimum Gasteiger partial charge on any atom is -0.494 e. The van der Waals surface area contributed by atoms with Gasteiger partial charge in [0.05, 0.1) is 19.1 Å². The smallest absolute Gasteiger partial charge is 0.224 e. The summed E-state index contributed by atoms with van der Waals surface area (Å²) < 4.78 is 18.4. The van der Waals surface area contributed by atoms with E-state index < -0.39 is 11.4 Å². The molecule has 0 aromatic heterocycles. The first-order valence-electron chi connectivity index (χ1n) is 7.34. The fraction of sp³-hybridized carbons (Fsp3) is 0.562. The van der Waals surface area contributed by atoms with Crippen LogP contribution in [0.5, 0.6) is 5.75 Å². The molecule has 1 fully saturated rings. The number of hydrogen-bond donors (Lipinski definition) is 2. The summed E-state index contributed by atoms with van der Waals surface area (Å²) in [5, 5.41) is 13.1. The average molecular weight is 295 g/mol. The lowest BCUT2D eigenvalue weighted by Gasteiger charge is -2.32. The Balaban J connectivity index is 1.85. The minimum atomic E-state index is -0.779. The summed E-state index contributed by atoms with van der Waals surface area (Å²) in [5.74, 6) is -0.525. The van der Waals surface area contributed by atoms with Crippen LogP contribution in [0.25, 0.3) is 0 Å². The van der Waals surface area contributed by atoms with Crippen molar-refractivity contribution in [2.24, 2.45) is 0 Å². The van der Waals surface area contributed by atoms with E-state index in [2.05, 4.69) is 5.32 Å². The second-order valence-electron chi connectivity index (χ2n) is 5.71. The van der Waals surface area contributed by atoms with Gasteiger partial charge in [0.25, 0.3) is 0 Å². The normalized spacial score (nSPS) is 17.3. The second-order valence-corrected chi connectivity index (χ2v) is 5.71. The van der Waals surface area contributed by atoms with Gasteiger partial charge in [-0.05, 0) is 30.5 Å². The third kappa shape index (κ3) is 4.43. The molecule has 0 saturated heterocycles. The van der Waals surface area contributed by atoms with Gasteiger partial charge >= 0.3 is 0 Å². The molecular weight excluding hydrogens is 273 g/mol. The quantitative estimate of drug-likeness (QED) is 0.875. The van der Waals surface area contributed by atoms with E-state index in [4.69, 9.17) is 4.74 Å². The standard InChI is InChI=1S/C16H22FNO3/c1-21-14-6-5-12(9-13(14)17)10-15(19)18-11-16(20)7-3-2-4-8-16/h5-6,9,20H,2-4,7-8,10-11H2,1H3,(H,18,19). The molecule has 1 aromatic carbocycles. The Labute approximate surface area is 124 Å². The number of nitrogens with one attached hydrogen (secondary N) is 1. The molecular formula is C16H22FNO3. The van der Waals surface area contributed by atoms with E-state index in [1.165, 1.54) is 19.2 Å². The van der Waals surface area contributed by atoms with Crippen LogP contribution in [0.3, 0.4) is 0 Å². The maximum atomic E-state index is 13.5. The number of carbonyl (C=O) groups is 1. The number of halogens is 1. The monoisotopic (exact) mass is 295 g/mol.